The molecule has 138 valence electrons. The zero-order valence-corrected chi connectivity index (χ0v) is 15.4. The molecule has 2 heterocycles. The second-order valence-electron chi connectivity index (χ2n) is 5.67. The summed E-state index contributed by atoms with van der Waals surface area (Å²) >= 11 is 1.14. The Morgan fingerprint density at radius 2 is 1.93 bits per heavy atom. The van der Waals surface area contributed by atoms with Gasteiger partial charge in [-0.2, -0.15) is 0 Å². The normalized spacial score (nSPS) is 11.7. The van der Waals surface area contributed by atoms with Crippen LogP contribution in [0.2, 0.25) is 0 Å². The number of hydrogen-bond acceptors (Lipinski definition) is 6. The zero-order valence-electron chi connectivity index (χ0n) is 14.6. The number of aryl methyl sites for hydroxylation is 1. The van der Waals surface area contributed by atoms with E-state index in [1.807, 2.05) is 6.07 Å². The molecule has 0 radical (unpaired) electrons. The Bertz CT molecular complexity index is 975. The summed E-state index contributed by atoms with van der Waals surface area (Å²) in [7, 11) is 0. The van der Waals surface area contributed by atoms with Crippen molar-refractivity contribution in [3.8, 4) is 10.7 Å². The molecular weight excluding hydrogens is 369 g/mol. The van der Waals surface area contributed by atoms with Crippen molar-refractivity contribution in [2.24, 2.45) is 0 Å². The van der Waals surface area contributed by atoms with E-state index in [4.69, 9.17) is 4.74 Å². The van der Waals surface area contributed by atoms with E-state index >= 15 is 0 Å². The summed E-state index contributed by atoms with van der Waals surface area (Å²) in [5, 5.41) is 2.99. The standard InChI is InChI=1S/C19H16FN3O3S/c1-11-16(27-18(22-11)15-9-5-6-10-21-15)19(25)26-12(2)17(24)23-14-8-4-3-7-13(14)20/h3-10,12H,1-2H3,(H,23,24)/t12-/m0/s1. The molecule has 3 aromatic rings. The number of esters is 1. The molecular formula is C19H16FN3O3S. The second kappa shape index (κ2) is 8.05. The van der Waals surface area contributed by atoms with Gasteiger partial charge in [0.25, 0.3) is 5.91 Å². The minimum atomic E-state index is -1.10. The number of benzene rings is 1. The van der Waals surface area contributed by atoms with Gasteiger partial charge in [0.15, 0.2) is 6.10 Å². The van der Waals surface area contributed by atoms with Gasteiger partial charge < -0.3 is 10.1 Å². The Balaban J connectivity index is 1.69. The average Bonchev–Trinajstić information content (AvgIpc) is 3.06. The van der Waals surface area contributed by atoms with Crippen molar-refractivity contribution in [3.63, 3.8) is 0 Å². The van der Waals surface area contributed by atoms with Crippen LogP contribution in [0.1, 0.15) is 22.3 Å². The van der Waals surface area contributed by atoms with Crippen LogP contribution in [0.4, 0.5) is 10.1 Å². The largest absolute Gasteiger partial charge is 0.448 e. The predicted octanol–water partition coefficient (Wildman–Crippen LogP) is 3.84. The van der Waals surface area contributed by atoms with E-state index in [2.05, 4.69) is 15.3 Å². The smallest absolute Gasteiger partial charge is 0.351 e. The van der Waals surface area contributed by atoms with Crippen molar-refractivity contribution in [1.29, 1.82) is 0 Å². The van der Waals surface area contributed by atoms with Crippen molar-refractivity contribution >= 4 is 28.9 Å². The van der Waals surface area contributed by atoms with E-state index in [1.165, 1.54) is 25.1 Å². The first-order valence-electron chi connectivity index (χ1n) is 8.11. The molecule has 1 amide bonds. The van der Waals surface area contributed by atoms with E-state index in [-0.39, 0.29) is 5.69 Å². The van der Waals surface area contributed by atoms with Crippen molar-refractivity contribution in [1.82, 2.24) is 9.97 Å². The van der Waals surface area contributed by atoms with Crippen LogP contribution in [0.25, 0.3) is 10.7 Å². The maximum Gasteiger partial charge on any atom is 0.351 e. The molecule has 0 aliphatic heterocycles. The molecule has 0 saturated heterocycles. The summed E-state index contributed by atoms with van der Waals surface area (Å²) in [6, 6.07) is 11.2. The molecule has 0 spiro atoms. The van der Waals surface area contributed by atoms with Crippen molar-refractivity contribution in [2.75, 3.05) is 5.32 Å². The molecule has 0 aliphatic carbocycles. The lowest BCUT2D eigenvalue weighted by molar-refractivity contribution is -0.123. The van der Waals surface area contributed by atoms with Gasteiger partial charge in [-0.25, -0.2) is 14.2 Å². The molecule has 0 bridgehead atoms. The maximum absolute atomic E-state index is 13.6. The highest BCUT2D eigenvalue weighted by atomic mass is 32.1. The van der Waals surface area contributed by atoms with Gasteiger partial charge in [0.05, 0.1) is 17.1 Å². The molecule has 6 nitrogen and oxygen atoms in total. The number of pyridine rings is 1. The van der Waals surface area contributed by atoms with Crippen LogP contribution in [0.15, 0.2) is 48.7 Å². The molecule has 0 unspecified atom stereocenters. The first-order chi connectivity index (χ1) is 13.0. The Labute approximate surface area is 159 Å². The number of hydrogen-bond donors (Lipinski definition) is 1. The number of nitrogens with zero attached hydrogens (tertiary/aromatic N) is 2. The van der Waals surface area contributed by atoms with Gasteiger partial charge in [0.1, 0.15) is 15.7 Å². The number of aromatic nitrogens is 2. The highest BCUT2D eigenvalue weighted by Crippen LogP contribution is 2.27. The third-order valence-electron chi connectivity index (χ3n) is 3.65. The first kappa shape index (κ1) is 18.7. The van der Waals surface area contributed by atoms with Gasteiger partial charge in [0, 0.05) is 6.20 Å². The number of anilines is 1. The Morgan fingerprint density at radius 3 is 2.63 bits per heavy atom. The van der Waals surface area contributed by atoms with Crippen LogP contribution >= 0.6 is 11.3 Å². The third-order valence-corrected chi connectivity index (χ3v) is 4.81. The van der Waals surface area contributed by atoms with Crippen LogP contribution in [-0.4, -0.2) is 27.9 Å². The summed E-state index contributed by atoms with van der Waals surface area (Å²) in [5.41, 5.74) is 1.17. The molecule has 0 aliphatic rings. The van der Waals surface area contributed by atoms with Gasteiger partial charge in [-0.1, -0.05) is 18.2 Å². The van der Waals surface area contributed by atoms with Gasteiger partial charge in [0.2, 0.25) is 0 Å². The fourth-order valence-electron chi connectivity index (χ4n) is 2.25. The Hall–Kier alpha value is -3.13. The summed E-state index contributed by atoms with van der Waals surface area (Å²) in [6.07, 6.45) is 0.538. The molecule has 1 N–H and O–H groups in total. The summed E-state index contributed by atoms with van der Waals surface area (Å²) < 4.78 is 18.8. The van der Waals surface area contributed by atoms with E-state index in [0.717, 1.165) is 11.3 Å². The lowest BCUT2D eigenvalue weighted by Crippen LogP contribution is -2.30. The zero-order chi connectivity index (χ0) is 19.4. The number of carbonyl (C=O) groups is 2. The highest BCUT2D eigenvalue weighted by Gasteiger charge is 2.23. The molecule has 1 aromatic carbocycles. The predicted molar refractivity (Wildman–Crippen MR) is 100.0 cm³/mol. The molecule has 27 heavy (non-hydrogen) atoms. The van der Waals surface area contributed by atoms with Crippen LogP contribution in [0, 0.1) is 12.7 Å². The van der Waals surface area contributed by atoms with Gasteiger partial charge in [-0.15, -0.1) is 11.3 Å². The summed E-state index contributed by atoms with van der Waals surface area (Å²) in [5.74, 6) is -1.85. The fourth-order valence-corrected chi connectivity index (χ4v) is 3.18. The topological polar surface area (TPSA) is 81.2 Å². The summed E-state index contributed by atoms with van der Waals surface area (Å²) in [4.78, 5) is 33.4. The van der Waals surface area contributed by atoms with Crippen molar-refractivity contribution in [3.05, 3.63) is 65.0 Å². The van der Waals surface area contributed by atoms with Gasteiger partial charge >= 0.3 is 5.97 Å². The van der Waals surface area contributed by atoms with E-state index < -0.39 is 23.8 Å². The Kier molecular flexibility index (Phi) is 5.56. The van der Waals surface area contributed by atoms with Crippen LogP contribution in [-0.2, 0) is 9.53 Å². The molecule has 0 fully saturated rings. The molecule has 8 heteroatoms. The summed E-state index contributed by atoms with van der Waals surface area (Å²) in [6.45, 7) is 3.10. The van der Waals surface area contributed by atoms with E-state index in [1.54, 1.807) is 31.3 Å². The first-order valence-corrected chi connectivity index (χ1v) is 8.92. The van der Waals surface area contributed by atoms with Crippen LogP contribution < -0.4 is 5.32 Å². The quantitative estimate of drug-likeness (QED) is 0.675. The van der Waals surface area contributed by atoms with E-state index in [0.29, 0.717) is 21.3 Å². The number of nitrogens with one attached hydrogen (secondary N) is 1. The maximum atomic E-state index is 13.6. The number of para-hydroxylation sites is 1. The molecule has 3 rings (SSSR count). The van der Waals surface area contributed by atoms with Crippen molar-refractivity contribution in [2.45, 2.75) is 20.0 Å². The molecule has 1 atom stereocenters. The monoisotopic (exact) mass is 385 g/mol. The second-order valence-corrected chi connectivity index (χ2v) is 6.66. The minimum absolute atomic E-state index is 0.0248. The average molecular weight is 385 g/mol. The van der Waals surface area contributed by atoms with E-state index in [9.17, 15) is 14.0 Å². The lowest BCUT2D eigenvalue weighted by atomic mass is 10.3. The number of carbonyl (C=O) groups excluding carboxylic acids is 2. The third kappa shape index (κ3) is 4.35. The minimum Gasteiger partial charge on any atom is -0.448 e. The number of rotatable bonds is 5. The number of ether oxygens (including phenoxy) is 1. The highest BCUT2D eigenvalue weighted by molar-refractivity contribution is 7.17. The van der Waals surface area contributed by atoms with Crippen LogP contribution in [0.3, 0.4) is 0 Å². The van der Waals surface area contributed by atoms with Crippen molar-refractivity contribution < 1.29 is 18.7 Å². The Morgan fingerprint density at radius 1 is 1.19 bits per heavy atom. The number of halogens is 1. The lowest BCUT2D eigenvalue weighted by Gasteiger charge is -2.13. The van der Waals surface area contributed by atoms with Crippen LogP contribution in [0.5, 0.6) is 0 Å². The molecule has 0 saturated carbocycles. The SMILES string of the molecule is Cc1nc(-c2ccccn2)sc1C(=O)O[C@@H](C)C(=O)Nc1ccccc1F. The van der Waals surface area contributed by atoms with Gasteiger partial charge in [-0.05, 0) is 38.1 Å². The number of amides is 1. The van der Waals surface area contributed by atoms with Gasteiger partial charge in [-0.3, -0.25) is 9.78 Å². The molecule has 2 aromatic heterocycles. The fraction of sp³-hybridized carbons (Fsp3) is 0.158. The number of thiazole rings is 1.